The number of methoxy groups -OCH3 is 1. The number of rotatable bonds is 1. The Morgan fingerprint density at radius 3 is 2.39 bits per heavy atom. The Morgan fingerprint density at radius 1 is 1.28 bits per heavy atom. The molecule has 0 atom stereocenters. The van der Waals surface area contributed by atoms with E-state index in [0.717, 1.165) is 13.2 Å². The molecule has 0 aliphatic heterocycles. The van der Waals surface area contributed by atoms with E-state index in [-0.39, 0.29) is 5.69 Å². The van der Waals surface area contributed by atoms with Gasteiger partial charge in [0, 0.05) is 5.69 Å². The number of hydrogen-bond donors (Lipinski definition) is 1. The van der Waals surface area contributed by atoms with Crippen LogP contribution in [-0.4, -0.2) is 19.0 Å². The van der Waals surface area contributed by atoms with Crippen LogP contribution >= 0.6 is 0 Å². The second-order valence-electron chi connectivity index (χ2n) is 3.14. The second-order valence-corrected chi connectivity index (χ2v) is 3.14. The number of hydrogen-bond acceptors (Lipinski definition) is 3. The monoisotopic (exact) mass is 265 g/mol. The Bertz CT molecular complexity index is 485. The van der Waals surface area contributed by atoms with Crippen LogP contribution in [0.2, 0.25) is 0 Å². The van der Waals surface area contributed by atoms with Crippen LogP contribution in [0.4, 0.5) is 23.2 Å². The fourth-order valence-corrected chi connectivity index (χ4v) is 1.10. The molecule has 0 spiro atoms. The molecule has 0 aromatic heterocycles. The molecule has 8 heteroatoms. The highest BCUT2D eigenvalue weighted by Crippen LogP contribution is 2.32. The maximum absolute atomic E-state index is 12.9. The summed E-state index contributed by atoms with van der Waals surface area (Å²) in [4.78, 5) is 21.8. The highest BCUT2D eigenvalue weighted by atomic mass is 19.4. The third kappa shape index (κ3) is 3.19. The van der Waals surface area contributed by atoms with Gasteiger partial charge in [-0.15, -0.1) is 0 Å². The van der Waals surface area contributed by atoms with Crippen molar-refractivity contribution in [3.8, 4) is 0 Å². The number of benzene rings is 1. The molecular weight excluding hydrogens is 258 g/mol. The number of anilines is 1. The molecule has 0 radical (unpaired) electrons. The fraction of sp³-hybridized carbons (Fsp3) is 0.200. The van der Waals surface area contributed by atoms with E-state index < -0.39 is 29.4 Å². The van der Waals surface area contributed by atoms with Crippen LogP contribution in [0.25, 0.3) is 0 Å². The standard InChI is InChI=1S/C10H7F4NO3/c1-18-9(17)8(16)15-5-2-3-7(11)6(4-5)10(12,13)14/h2-4H,1H3,(H,15,16). The van der Waals surface area contributed by atoms with Gasteiger partial charge in [0.05, 0.1) is 12.7 Å². The second kappa shape index (κ2) is 5.03. The molecule has 18 heavy (non-hydrogen) atoms. The lowest BCUT2D eigenvalue weighted by Crippen LogP contribution is -2.24. The first-order valence-electron chi connectivity index (χ1n) is 4.51. The predicted molar refractivity (Wildman–Crippen MR) is 52.0 cm³/mol. The first-order chi connectivity index (χ1) is 8.25. The van der Waals surface area contributed by atoms with Crippen LogP contribution in [0.1, 0.15) is 5.56 Å². The summed E-state index contributed by atoms with van der Waals surface area (Å²) in [7, 11) is 0.938. The summed E-state index contributed by atoms with van der Waals surface area (Å²) in [6.07, 6.45) is -4.89. The summed E-state index contributed by atoms with van der Waals surface area (Å²) >= 11 is 0. The molecule has 1 amide bonds. The lowest BCUT2D eigenvalue weighted by Gasteiger charge is -2.10. The quantitative estimate of drug-likeness (QED) is 0.479. The van der Waals surface area contributed by atoms with Gasteiger partial charge < -0.3 is 10.1 Å². The van der Waals surface area contributed by atoms with E-state index in [2.05, 4.69) is 4.74 Å². The highest BCUT2D eigenvalue weighted by Gasteiger charge is 2.34. The first kappa shape index (κ1) is 13.9. The van der Waals surface area contributed by atoms with E-state index in [9.17, 15) is 27.2 Å². The first-order valence-corrected chi connectivity index (χ1v) is 4.51. The molecule has 98 valence electrons. The maximum atomic E-state index is 12.9. The Kier molecular flexibility index (Phi) is 3.89. The number of nitrogens with one attached hydrogen (secondary N) is 1. The van der Waals surface area contributed by atoms with Gasteiger partial charge in [-0.3, -0.25) is 4.79 Å². The number of carbonyl (C=O) groups excluding carboxylic acids is 2. The third-order valence-corrected chi connectivity index (χ3v) is 1.90. The smallest absolute Gasteiger partial charge is 0.419 e. The van der Waals surface area contributed by atoms with Crippen LogP contribution < -0.4 is 5.32 Å². The maximum Gasteiger partial charge on any atom is 0.419 e. The molecule has 0 aliphatic rings. The van der Waals surface area contributed by atoms with Crippen molar-refractivity contribution in [3.05, 3.63) is 29.6 Å². The summed E-state index contributed by atoms with van der Waals surface area (Å²) in [6, 6.07) is 1.82. The molecule has 0 fully saturated rings. The number of carbonyl (C=O) groups is 2. The molecule has 1 N–H and O–H groups in total. The number of esters is 1. The number of amides is 1. The predicted octanol–water partition coefficient (Wildman–Crippen LogP) is 1.96. The molecule has 0 bridgehead atoms. The van der Waals surface area contributed by atoms with Crippen LogP contribution in [0, 0.1) is 5.82 Å². The normalized spacial score (nSPS) is 10.9. The van der Waals surface area contributed by atoms with E-state index in [1.54, 1.807) is 0 Å². The molecule has 4 nitrogen and oxygen atoms in total. The zero-order valence-electron chi connectivity index (χ0n) is 8.97. The van der Waals surface area contributed by atoms with Crippen molar-refractivity contribution in [2.75, 3.05) is 12.4 Å². The van der Waals surface area contributed by atoms with Crippen LogP contribution in [0.3, 0.4) is 0 Å². The number of ether oxygens (including phenoxy) is 1. The van der Waals surface area contributed by atoms with Crippen molar-refractivity contribution in [2.24, 2.45) is 0 Å². The van der Waals surface area contributed by atoms with Crippen molar-refractivity contribution in [1.82, 2.24) is 0 Å². The SMILES string of the molecule is COC(=O)C(=O)Nc1ccc(F)c(C(F)(F)F)c1. The molecule has 1 rings (SSSR count). The highest BCUT2D eigenvalue weighted by molar-refractivity contribution is 6.37. The Morgan fingerprint density at radius 2 is 1.89 bits per heavy atom. The summed E-state index contributed by atoms with van der Waals surface area (Å²) in [5.41, 5.74) is -1.90. The lowest BCUT2D eigenvalue weighted by molar-refractivity contribution is -0.150. The summed E-state index contributed by atoms with van der Waals surface area (Å²) in [5.74, 6) is -4.00. The average Bonchev–Trinajstić information content (AvgIpc) is 2.29. The van der Waals surface area contributed by atoms with Gasteiger partial charge in [0.25, 0.3) is 0 Å². The van der Waals surface area contributed by atoms with E-state index >= 15 is 0 Å². The zero-order chi connectivity index (χ0) is 13.9. The Balaban J connectivity index is 3.00. The molecule has 0 saturated heterocycles. The van der Waals surface area contributed by atoms with Gasteiger partial charge in [-0.25, -0.2) is 9.18 Å². The molecule has 1 aromatic rings. The summed E-state index contributed by atoms with van der Waals surface area (Å²) in [5, 5.41) is 1.85. The lowest BCUT2D eigenvalue weighted by atomic mass is 10.2. The van der Waals surface area contributed by atoms with Gasteiger partial charge in [0.1, 0.15) is 5.82 Å². The minimum atomic E-state index is -4.89. The van der Waals surface area contributed by atoms with Gasteiger partial charge in [0.15, 0.2) is 0 Å². The van der Waals surface area contributed by atoms with Crippen molar-refractivity contribution >= 4 is 17.6 Å². The Hall–Kier alpha value is -2.12. The van der Waals surface area contributed by atoms with E-state index in [1.807, 2.05) is 5.32 Å². The largest absolute Gasteiger partial charge is 0.462 e. The van der Waals surface area contributed by atoms with Gasteiger partial charge >= 0.3 is 18.1 Å². The minimum Gasteiger partial charge on any atom is -0.462 e. The van der Waals surface area contributed by atoms with Crippen LogP contribution in [0.5, 0.6) is 0 Å². The summed E-state index contributed by atoms with van der Waals surface area (Å²) < 4.78 is 54.0. The topological polar surface area (TPSA) is 55.4 Å². The van der Waals surface area contributed by atoms with E-state index in [4.69, 9.17) is 0 Å². The molecule has 0 aliphatic carbocycles. The van der Waals surface area contributed by atoms with E-state index in [0.29, 0.717) is 12.1 Å². The molecule has 0 saturated carbocycles. The average molecular weight is 265 g/mol. The number of alkyl halides is 3. The van der Waals surface area contributed by atoms with E-state index in [1.165, 1.54) is 0 Å². The fourth-order valence-electron chi connectivity index (χ4n) is 1.10. The summed E-state index contributed by atoms with van der Waals surface area (Å²) in [6.45, 7) is 0. The van der Waals surface area contributed by atoms with Gasteiger partial charge in [-0.2, -0.15) is 13.2 Å². The number of halogens is 4. The van der Waals surface area contributed by atoms with Crippen molar-refractivity contribution in [3.63, 3.8) is 0 Å². The van der Waals surface area contributed by atoms with Crippen LogP contribution in [-0.2, 0) is 20.5 Å². The van der Waals surface area contributed by atoms with Gasteiger partial charge in [-0.1, -0.05) is 0 Å². The zero-order valence-corrected chi connectivity index (χ0v) is 8.97. The van der Waals surface area contributed by atoms with Gasteiger partial charge in [0.2, 0.25) is 0 Å². The van der Waals surface area contributed by atoms with Crippen molar-refractivity contribution < 1.29 is 31.9 Å². The minimum absolute atomic E-state index is 0.362. The van der Waals surface area contributed by atoms with Crippen molar-refractivity contribution in [2.45, 2.75) is 6.18 Å². The molecule has 0 unspecified atom stereocenters. The van der Waals surface area contributed by atoms with Gasteiger partial charge in [-0.05, 0) is 18.2 Å². The molecular formula is C10H7F4NO3. The third-order valence-electron chi connectivity index (χ3n) is 1.90. The molecule has 0 heterocycles. The molecule has 1 aromatic carbocycles. The van der Waals surface area contributed by atoms with Crippen LogP contribution in [0.15, 0.2) is 18.2 Å². The van der Waals surface area contributed by atoms with Crippen molar-refractivity contribution in [1.29, 1.82) is 0 Å². The Labute approximate surface area is 98.5 Å².